The highest BCUT2D eigenvalue weighted by molar-refractivity contribution is 7.89. The van der Waals surface area contributed by atoms with E-state index in [1.165, 1.54) is 24.1 Å². The van der Waals surface area contributed by atoms with Crippen molar-refractivity contribution in [3.8, 4) is 5.75 Å². The maximum atomic E-state index is 12.2. The second kappa shape index (κ2) is 8.01. The number of sulfonamides is 1. The summed E-state index contributed by atoms with van der Waals surface area (Å²) < 4.78 is 34.1. The van der Waals surface area contributed by atoms with Gasteiger partial charge in [-0.05, 0) is 55.4 Å². The summed E-state index contributed by atoms with van der Waals surface area (Å²) in [5.74, 6) is 0.851. The molecule has 25 heavy (non-hydrogen) atoms. The number of benzene rings is 1. The molecule has 1 aliphatic carbocycles. The number of nitrogens with one attached hydrogen (secondary N) is 1. The van der Waals surface area contributed by atoms with Gasteiger partial charge < -0.3 is 4.74 Å². The number of nitrogens with zero attached hydrogens (tertiary/aromatic N) is 2. The Morgan fingerprint density at radius 3 is 2.72 bits per heavy atom. The molecule has 6 nitrogen and oxygen atoms in total. The Morgan fingerprint density at radius 1 is 1.20 bits per heavy atom. The van der Waals surface area contributed by atoms with Gasteiger partial charge >= 0.3 is 0 Å². The highest BCUT2D eigenvalue weighted by Crippen LogP contribution is 2.20. The van der Waals surface area contributed by atoms with Gasteiger partial charge in [-0.25, -0.2) is 13.1 Å². The number of fused-ring (bicyclic) bond motifs is 1. The summed E-state index contributed by atoms with van der Waals surface area (Å²) >= 11 is 0. The molecular weight excluding hydrogens is 338 g/mol. The molecule has 1 aromatic heterocycles. The minimum absolute atomic E-state index is 0.0799. The molecular formula is C18H25N3O3S. The van der Waals surface area contributed by atoms with E-state index in [1.54, 1.807) is 7.11 Å². The van der Waals surface area contributed by atoms with Crippen molar-refractivity contribution in [2.45, 2.75) is 38.6 Å². The quantitative estimate of drug-likeness (QED) is 0.778. The van der Waals surface area contributed by atoms with E-state index < -0.39 is 10.0 Å². The second-order valence-electron chi connectivity index (χ2n) is 6.36. The Morgan fingerprint density at radius 2 is 1.96 bits per heavy atom. The third kappa shape index (κ3) is 4.83. The molecule has 1 heterocycles. The Kier molecular flexibility index (Phi) is 5.75. The van der Waals surface area contributed by atoms with Crippen molar-refractivity contribution in [3.63, 3.8) is 0 Å². The lowest BCUT2D eigenvalue weighted by Crippen LogP contribution is -2.31. The van der Waals surface area contributed by atoms with Crippen LogP contribution in [0.1, 0.15) is 29.7 Å². The second-order valence-corrected chi connectivity index (χ2v) is 8.28. The predicted molar refractivity (Wildman–Crippen MR) is 97.4 cm³/mol. The van der Waals surface area contributed by atoms with Crippen molar-refractivity contribution in [1.82, 2.24) is 14.5 Å². The topological polar surface area (TPSA) is 73.2 Å². The number of rotatable bonds is 8. The van der Waals surface area contributed by atoms with Crippen molar-refractivity contribution in [3.05, 3.63) is 47.3 Å². The van der Waals surface area contributed by atoms with Gasteiger partial charge in [0.1, 0.15) is 5.75 Å². The van der Waals surface area contributed by atoms with Gasteiger partial charge in [-0.15, -0.1) is 0 Å². The van der Waals surface area contributed by atoms with Gasteiger partial charge in [0.25, 0.3) is 0 Å². The fraction of sp³-hybridized carbons (Fsp3) is 0.500. The number of ether oxygens (including phenoxy) is 1. The number of methoxy groups -OCH3 is 1. The highest BCUT2D eigenvalue weighted by Gasteiger charge is 2.15. The first-order valence-corrected chi connectivity index (χ1v) is 10.4. The average molecular weight is 363 g/mol. The van der Waals surface area contributed by atoms with Crippen LogP contribution in [0.5, 0.6) is 5.75 Å². The Bertz CT molecular complexity index is 797. The lowest BCUT2D eigenvalue weighted by Gasteiger charge is -2.14. The Labute approximate surface area is 149 Å². The van der Waals surface area contributed by atoms with Gasteiger partial charge in [0, 0.05) is 12.2 Å². The number of aryl methyl sites for hydroxylation is 2. The first-order valence-electron chi connectivity index (χ1n) is 8.71. The molecule has 0 fully saturated rings. The van der Waals surface area contributed by atoms with Crippen molar-refractivity contribution < 1.29 is 13.2 Å². The first-order chi connectivity index (χ1) is 12.1. The van der Waals surface area contributed by atoms with Crippen molar-refractivity contribution in [1.29, 1.82) is 0 Å². The molecule has 136 valence electrons. The minimum atomic E-state index is -3.29. The molecule has 0 bridgehead atoms. The van der Waals surface area contributed by atoms with Gasteiger partial charge in [0.05, 0.1) is 25.6 Å². The molecule has 3 rings (SSSR count). The highest BCUT2D eigenvalue weighted by atomic mass is 32.2. The van der Waals surface area contributed by atoms with E-state index in [-0.39, 0.29) is 5.75 Å². The summed E-state index contributed by atoms with van der Waals surface area (Å²) in [6.45, 7) is 0.955. The molecule has 7 heteroatoms. The summed E-state index contributed by atoms with van der Waals surface area (Å²) in [5, 5.41) is 4.40. The normalized spacial score (nSPS) is 14.3. The smallest absolute Gasteiger partial charge is 0.211 e. The van der Waals surface area contributed by atoms with Crippen molar-refractivity contribution in [2.75, 3.05) is 19.4 Å². The molecule has 1 aliphatic rings. The third-order valence-corrected chi connectivity index (χ3v) is 5.99. The summed E-state index contributed by atoms with van der Waals surface area (Å²) in [6.07, 6.45) is 6.94. The van der Waals surface area contributed by atoms with Gasteiger partial charge in [-0.1, -0.05) is 12.1 Å². The molecule has 0 atom stereocenters. The first kappa shape index (κ1) is 17.9. The number of hydrogen-bond acceptors (Lipinski definition) is 4. The largest absolute Gasteiger partial charge is 0.497 e. The molecule has 1 N–H and O–H groups in total. The maximum absolute atomic E-state index is 12.2. The fourth-order valence-electron chi connectivity index (χ4n) is 3.17. The summed E-state index contributed by atoms with van der Waals surface area (Å²) in [4.78, 5) is 0. The van der Waals surface area contributed by atoms with Gasteiger partial charge in [-0.3, -0.25) is 4.68 Å². The van der Waals surface area contributed by atoms with Crippen LogP contribution in [0.25, 0.3) is 0 Å². The van der Waals surface area contributed by atoms with Crippen molar-refractivity contribution >= 4 is 10.0 Å². The molecule has 0 amide bonds. The molecule has 0 saturated heterocycles. The van der Waals surface area contributed by atoms with Crippen LogP contribution in [0, 0.1) is 0 Å². The SMILES string of the molecule is COc1ccc(CCS(=O)(=O)NCCn2ncc3c2CCCC3)cc1. The van der Waals surface area contributed by atoms with Crippen LogP contribution in [0.4, 0.5) is 0 Å². The van der Waals surface area contributed by atoms with E-state index in [4.69, 9.17) is 4.74 Å². The molecule has 0 aliphatic heterocycles. The van der Waals surface area contributed by atoms with Crippen LogP contribution in [0.3, 0.4) is 0 Å². The van der Waals surface area contributed by atoms with E-state index in [1.807, 2.05) is 35.1 Å². The Balaban J connectivity index is 1.47. The third-order valence-electron chi connectivity index (χ3n) is 4.61. The average Bonchev–Trinajstić information content (AvgIpc) is 3.04. The summed E-state index contributed by atoms with van der Waals surface area (Å²) in [6, 6.07) is 7.47. The van der Waals surface area contributed by atoms with Crippen LogP contribution in [-0.4, -0.2) is 37.6 Å². The predicted octanol–water partition coefficient (Wildman–Crippen LogP) is 1.93. The van der Waals surface area contributed by atoms with Gasteiger partial charge in [0.2, 0.25) is 10.0 Å². The van der Waals surface area contributed by atoms with E-state index in [2.05, 4.69) is 9.82 Å². The van der Waals surface area contributed by atoms with Crippen LogP contribution < -0.4 is 9.46 Å². The van der Waals surface area contributed by atoms with Crippen molar-refractivity contribution in [2.24, 2.45) is 0 Å². The van der Waals surface area contributed by atoms with E-state index >= 15 is 0 Å². The molecule has 1 aromatic carbocycles. The lowest BCUT2D eigenvalue weighted by atomic mass is 9.98. The monoisotopic (exact) mass is 363 g/mol. The molecule has 0 spiro atoms. The number of aromatic nitrogens is 2. The van der Waals surface area contributed by atoms with Gasteiger partial charge in [-0.2, -0.15) is 5.10 Å². The maximum Gasteiger partial charge on any atom is 0.211 e. The summed E-state index contributed by atoms with van der Waals surface area (Å²) in [5.41, 5.74) is 3.56. The Hall–Kier alpha value is -1.86. The zero-order valence-corrected chi connectivity index (χ0v) is 15.4. The van der Waals surface area contributed by atoms with Gasteiger partial charge in [0.15, 0.2) is 0 Å². The van der Waals surface area contributed by atoms with E-state index in [0.717, 1.165) is 24.2 Å². The standard InChI is InChI=1S/C18H25N3O3S/c1-24-17-8-6-15(7-9-17)10-13-25(22,23)20-11-12-21-18-5-3-2-4-16(18)14-19-21/h6-9,14,20H,2-5,10-13H2,1H3. The molecule has 0 unspecified atom stereocenters. The van der Waals surface area contributed by atoms with E-state index in [0.29, 0.717) is 19.5 Å². The van der Waals surface area contributed by atoms with E-state index in [9.17, 15) is 8.42 Å². The zero-order valence-electron chi connectivity index (χ0n) is 14.6. The van der Waals surface area contributed by atoms with Crippen LogP contribution in [0.2, 0.25) is 0 Å². The zero-order chi connectivity index (χ0) is 17.7. The molecule has 0 saturated carbocycles. The summed E-state index contributed by atoms with van der Waals surface area (Å²) in [7, 11) is -1.68. The number of hydrogen-bond donors (Lipinski definition) is 1. The molecule has 2 aromatic rings. The molecule has 0 radical (unpaired) electrons. The lowest BCUT2D eigenvalue weighted by molar-refractivity contribution is 0.414. The minimum Gasteiger partial charge on any atom is -0.497 e. The van der Waals surface area contributed by atoms with Crippen LogP contribution in [0.15, 0.2) is 30.5 Å². The fourth-order valence-corrected chi connectivity index (χ4v) is 4.22. The van der Waals surface area contributed by atoms with Crippen LogP contribution >= 0.6 is 0 Å². The van der Waals surface area contributed by atoms with Crippen LogP contribution in [-0.2, 0) is 35.8 Å².